The lowest BCUT2D eigenvalue weighted by Gasteiger charge is -2.23. The Morgan fingerprint density at radius 3 is 2.95 bits per heavy atom. The van der Waals surface area contributed by atoms with Gasteiger partial charge in [-0.25, -0.2) is 4.39 Å². The van der Waals surface area contributed by atoms with E-state index in [0.717, 1.165) is 25.9 Å². The number of halogens is 3. The maximum atomic E-state index is 13.5. The number of rotatable bonds is 3. The summed E-state index contributed by atoms with van der Waals surface area (Å²) in [7, 11) is 0. The van der Waals surface area contributed by atoms with Crippen LogP contribution in [0.4, 0.5) is 4.39 Å². The summed E-state index contributed by atoms with van der Waals surface area (Å²) in [6, 6.07) is 4.58. The lowest BCUT2D eigenvalue weighted by atomic mass is 10.1. The summed E-state index contributed by atoms with van der Waals surface area (Å²) >= 11 is 5.88. The molecule has 1 aromatic rings. The lowest BCUT2D eigenvalue weighted by Crippen LogP contribution is -2.46. The highest BCUT2D eigenvalue weighted by molar-refractivity contribution is 6.31. The van der Waals surface area contributed by atoms with Gasteiger partial charge in [0.25, 0.3) is 0 Å². The van der Waals surface area contributed by atoms with Crippen LogP contribution in [0.2, 0.25) is 5.02 Å². The number of amides is 1. The molecule has 0 bridgehead atoms. The van der Waals surface area contributed by atoms with E-state index in [1.54, 1.807) is 6.07 Å². The van der Waals surface area contributed by atoms with Crippen LogP contribution in [0.5, 0.6) is 0 Å². The van der Waals surface area contributed by atoms with E-state index in [4.69, 9.17) is 11.6 Å². The molecule has 0 radical (unpaired) electrons. The number of nitrogens with one attached hydrogen (secondary N) is 2. The lowest BCUT2D eigenvalue weighted by molar-refractivity contribution is -0.121. The van der Waals surface area contributed by atoms with Crippen LogP contribution >= 0.6 is 24.0 Å². The van der Waals surface area contributed by atoms with Crippen molar-refractivity contribution in [2.45, 2.75) is 25.3 Å². The highest BCUT2D eigenvalue weighted by atomic mass is 35.5. The summed E-state index contributed by atoms with van der Waals surface area (Å²) in [5.74, 6) is -0.616. The summed E-state index contributed by atoms with van der Waals surface area (Å²) in [5.41, 5.74) is 0.264. The Morgan fingerprint density at radius 2 is 2.32 bits per heavy atom. The fourth-order valence-electron chi connectivity index (χ4n) is 2.12. The minimum atomic E-state index is -0.431. The van der Waals surface area contributed by atoms with Gasteiger partial charge in [-0.05, 0) is 31.5 Å². The molecule has 2 rings (SSSR count). The van der Waals surface area contributed by atoms with Crippen molar-refractivity contribution in [3.05, 3.63) is 34.6 Å². The standard InChI is InChI=1S/C13H16ClFN2O.ClH/c14-11-4-1-5-12(15)10(11)7-13(18)17-9-3-2-6-16-8-9;/h1,4-5,9,16H,2-3,6-8H2,(H,17,18);1H/t9-;/m0./s1. The van der Waals surface area contributed by atoms with Crippen molar-refractivity contribution in [1.82, 2.24) is 10.6 Å². The Bertz CT molecular complexity index is 416. The van der Waals surface area contributed by atoms with Crippen molar-refractivity contribution < 1.29 is 9.18 Å². The van der Waals surface area contributed by atoms with Gasteiger partial charge in [0.2, 0.25) is 5.91 Å². The van der Waals surface area contributed by atoms with Crippen molar-refractivity contribution in [2.75, 3.05) is 13.1 Å². The first-order valence-corrected chi connectivity index (χ1v) is 6.47. The van der Waals surface area contributed by atoms with Crippen LogP contribution in [0.3, 0.4) is 0 Å². The average Bonchev–Trinajstić information content (AvgIpc) is 2.35. The minimum Gasteiger partial charge on any atom is -0.352 e. The van der Waals surface area contributed by atoms with Gasteiger partial charge in [0, 0.05) is 23.2 Å². The molecule has 1 heterocycles. The molecule has 1 amide bonds. The van der Waals surface area contributed by atoms with Crippen LogP contribution < -0.4 is 10.6 Å². The predicted octanol–water partition coefficient (Wildman–Crippen LogP) is 2.31. The van der Waals surface area contributed by atoms with Crippen LogP contribution in [-0.2, 0) is 11.2 Å². The fourth-order valence-corrected chi connectivity index (χ4v) is 2.35. The van der Waals surface area contributed by atoms with Crippen molar-refractivity contribution in [3.8, 4) is 0 Å². The number of hydrogen-bond acceptors (Lipinski definition) is 2. The van der Waals surface area contributed by atoms with E-state index < -0.39 is 5.82 Å². The predicted molar refractivity (Wildman–Crippen MR) is 76.4 cm³/mol. The molecule has 1 aromatic carbocycles. The Labute approximate surface area is 123 Å². The maximum Gasteiger partial charge on any atom is 0.224 e. The normalized spacial score (nSPS) is 18.5. The van der Waals surface area contributed by atoms with Crippen molar-refractivity contribution >= 4 is 29.9 Å². The van der Waals surface area contributed by atoms with E-state index in [1.807, 2.05) is 0 Å². The largest absolute Gasteiger partial charge is 0.352 e. The molecule has 0 unspecified atom stereocenters. The highest BCUT2D eigenvalue weighted by Crippen LogP contribution is 2.19. The molecule has 19 heavy (non-hydrogen) atoms. The molecule has 0 aromatic heterocycles. The molecule has 0 spiro atoms. The van der Waals surface area contributed by atoms with Crippen LogP contribution in [0.25, 0.3) is 0 Å². The van der Waals surface area contributed by atoms with E-state index in [-0.39, 0.29) is 36.3 Å². The summed E-state index contributed by atoms with van der Waals surface area (Å²) in [6.45, 7) is 1.77. The topological polar surface area (TPSA) is 41.1 Å². The number of piperidine rings is 1. The molecule has 1 saturated heterocycles. The average molecular weight is 307 g/mol. The first-order chi connectivity index (χ1) is 8.66. The van der Waals surface area contributed by atoms with Crippen molar-refractivity contribution in [2.24, 2.45) is 0 Å². The second kappa shape index (κ2) is 7.68. The van der Waals surface area contributed by atoms with Gasteiger partial charge in [0.15, 0.2) is 0 Å². The van der Waals surface area contributed by atoms with E-state index >= 15 is 0 Å². The minimum absolute atomic E-state index is 0. The molecule has 1 aliphatic rings. The Hall–Kier alpha value is -0.840. The number of carbonyl (C=O) groups is 1. The van der Waals surface area contributed by atoms with Crippen LogP contribution in [-0.4, -0.2) is 25.0 Å². The summed E-state index contributed by atoms with van der Waals surface area (Å²) < 4.78 is 13.5. The maximum absolute atomic E-state index is 13.5. The molecule has 1 atom stereocenters. The monoisotopic (exact) mass is 306 g/mol. The van der Waals surface area contributed by atoms with Gasteiger partial charge < -0.3 is 10.6 Å². The first kappa shape index (κ1) is 16.2. The van der Waals surface area contributed by atoms with E-state index in [1.165, 1.54) is 12.1 Å². The van der Waals surface area contributed by atoms with Crippen LogP contribution in [0.1, 0.15) is 18.4 Å². The van der Waals surface area contributed by atoms with Gasteiger partial charge in [0.1, 0.15) is 5.82 Å². The van der Waals surface area contributed by atoms with Gasteiger partial charge in [-0.3, -0.25) is 4.79 Å². The number of benzene rings is 1. The van der Waals surface area contributed by atoms with Crippen LogP contribution in [0, 0.1) is 5.82 Å². The SMILES string of the molecule is Cl.O=C(Cc1c(F)cccc1Cl)N[C@H]1CCCNC1. The van der Waals surface area contributed by atoms with Gasteiger partial charge in [-0.1, -0.05) is 17.7 Å². The van der Waals surface area contributed by atoms with Crippen molar-refractivity contribution in [1.29, 1.82) is 0 Å². The van der Waals surface area contributed by atoms with Gasteiger partial charge in [-0.2, -0.15) is 0 Å². The zero-order valence-electron chi connectivity index (χ0n) is 10.4. The molecule has 1 fully saturated rings. The molecule has 2 N–H and O–H groups in total. The van der Waals surface area contributed by atoms with Gasteiger partial charge in [-0.15, -0.1) is 12.4 Å². The van der Waals surface area contributed by atoms with Crippen molar-refractivity contribution in [3.63, 3.8) is 0 Å². The second-order valence-electron chi connectivity index (χ2n) is 4.49. The summed E-state index contributed by atoms with van der Waals surface area (Å²) in [6.07, 6.45) is 2.00. The molecular weight excluding hydrogens is 290 g/mol. The van der Waals surface area contributed by atoms with E-state index in [2.05, 4.69) is 10.6 Å². The molecule has 6 heteroatoms. The smallest absolute Gasteiger partial charge is 0.224 e. The zero-order valence-corrected chi connectivity index (χ0v) is 12.0. The zero-order chi connectivity index (χ0) is 13.0. The summed E-state index contributed by atoms with van der Waals surface area (Å²) in [5, 5.41) is 6.41. The highest BCUT2D eigenvalue weighted by Gasteiger charge is 2.17. The molecule has 106 valence electrons. The Kier molecular flexibility index (Phi) is 6.55. The molecular formula is C13H17Cl2FN2O. The third-order valence-electron chi connectivity index (χ3n) is 3.06. The Balaban J connectivity index is 0.00000180. The van der Waals surface area contributed by atoms with Gasteiger partial charge in [0.05, 0.1) is 6.42 Å². The third kappa shape index (κ3) is 4.64. The quantitative estimate of drug-likeness (QED) is 0.900. The molecule has 3 nitrogen and oxygen atoms in total. The molecule has 1 aliphatic heterocycles. The van der Waals surface area contributed by atoms with Gasteiger partial charge >= 0.3 is 0 Å². The molecule has 0 saturated carbocycles. The molecule has 0 aliphatic carbocycles. The third-order valence-corrected chi connectivity index (χ3v) is 3.42. The number of hydrogen-bond donors (Lipinski definition) is 2. The Morgan fingerprint density at radius 1 is 1.53 bits per heavy atom. The fraction of sp³-hybridized carbons (Fsp3) is 0.462. The summed E-state index contributed by atoms with van der Waals surface area (Å²) in [4.78, 5) is 11.8. The van der Waals surface area contributed by atoms with E-state index in [0.29, 0.717) is 5.02 Å². The van der Waals surface area contributed by atoms with Crippen LogP contribution in [0.15, 0.2) is 18.2 Å². The number of carbonyl (C=O) groups excluding carboxylic acids is 1. The first-order valence-electron chi connectivity index (χ1n) is 6.10. The second-order valence-corrected chi connectivity index (χ2v) is 4.89. The van der Waals surface area contributed by atoms with E-state index in [9.17, 15) is 9.18 Å².